The Kier molecular flexibility index (Phi) is 5.49. The lowest BCUT2D eigenvalue weighted by Gasteiger charge is -2.08. The molecule has 0 N–H and O–H groups in total. The predicted octanol–water partition coefficient (Wildman–Crippen LogP) is 3.07. The highest BCUT2D eigenvalue weighted by Gasteiger charge is 2.07. The average Bonchev–Trinajstić information content (AvgIpc) is 2.30. The van der Waals surface area contributed by atoms with Gasteiger partial charge in [0.25, 0.3) is 0 Å². The Labute approximate surface area is 104 Å². The Hall–Kier alpha value is -0.870. The second-order valence-electron chi connectivity index (χ2n) is 3.26. The topological polar surface area (TPSA) is 35.5 Å². The number of halogens is 1. The molecule has 0 spiro atoms. The minimum atomic E-state index is 0.129. The molecule has 1 aromatic rings. The first-order chi connectivity index (χ1) is 7.69. The number of ketones is 1. The second-order valence-corrected chi connectivity index (χ2v) is 4.12. The standard InChI is InChI=1S/C12H15BrO3/c1-3-11(14)9-4-5-12(10(13)8-9)16-7-6-15-2/h4-5,8H,3,6-7H2,1-2H3. The molecule has 16 heavy (non-hydrogen) atoms. The van der Waals surface area contributed by atoms with E-state index in [1.54, 1.807) is 25.3 Å². The van der Waals surface area contributed by atoms with Crippen LogP contribution in [0.15, 0.2) is 22.7 Å². The van der Waals surface area contributed by atoms with E-state index >= 15 is 0 Å². The van der Waals surface area contributed by atoms with Gasteiger partial charge in [-0.3, -0.25) is 4.79 Å². The van der Waals surface area contributed by atoms with Gasteiger partial charge < -0.3 is 9.47 Å². The molecule has 1 rings (SSSR count). The largest absolute Gasteiger partial charge is 0.490 e. The number of methoxy groups -OCH3 is 1. The third-order valence-corrected chi connectivity index (χ3v) is 2.74. The van der Waals surface area contributed by atoms with E-state index in [9.17, 15) is 4.79 Å². The lowest BCUT2D eigenvalue weighted by molar-refractivity contribution is 0.0988. The SMILES string of the molecule is CCC(=O)c1ccc(OCCOC)c(Br)c1. The molecule has 0 bridgehead atoms. The van der Waals surface area contributed by atoms with Crippen molar-refractivity contribution in [1.29, 1.82) is 0 Å². The van der Waals surface area contributed by atoms with Crippen LogP contribution in [0.3, 0.4) is 0 Å². The van der Waals surface area contributed by atoms with Gasteiger partial charge in [-0.2, -0.15) is 0 Å². The molecule has 0 aliphatic rings. The molecule has 0 unspecified atom stereocenters. The molecule has 0 radical (unpaired) electrons. The number of hydrogen-bond donors (Lipinski definition) is 0. The predicted molar refractivity (Wildman–Crippen MR) is 66.1 cm³/mol. The molecule has 4 heteroatoms. The molecule has 0 heterocycles. The summed E-state index contributed by atoms with van der Waals surface area (Å²) < 4.78 is 11.1. The summed E-state index contributed by atoms with van der Waals surface area (Å²) in [6.07, 6.45) is 0.510. The first-order valence-electron chi connectivity index (χ1n) is 5.13. The van der Waals surface area contributed by atoms with E-state index in [0.29, 0.717) is 25.2 Å². The lowest BCUT2D eigenvalue weighted by atomic mass is 10.1. The van der Waals surface area contributed by atoms with Crippen molar-refractivity contribution >= 4 is 21.7 Å². The number of rotatable bonds is 6. The fourth-order valence-electron chi connectivity index (χ4n) is 1.23. The van der Waals surface area contributed by atoms with Gasteiger partial charge in [-0.05, 0) is 34.1 Å². The van der Waals surface area contributed by atoms with Crippen molar-refractivity contribution in [1.82, 2.24) is 0 Å². The summed E-state index contributed by atoms with van der Waals surface area (Å²) in [5.41, 5.74) is 0.702. The summed E-state index contributed by atoms with van der Waals surface area (Å²) in [5.74, 6) is 0.855. The number of ether oxygens (including phenoxy) is 2. The first kappa shape index (κ1) is 13.2. The van der Waals surface area contributed by atoms with Crippen LogP contribution < -0.4 is 4.74 Å². The van der Waals surface area contributed by atoms with E-state index in [1.807, 2.05) is 6.92 Å². The van der Waals surface area contributed by atoms with Gasteiger partial charge in [-0.15, -0.1) is 0 Å². The Morgan fingerprint density at radius 1 is 1.38 bits per heavy atom. The Balaban J connectivity index is 2.71. The van der Waals surface area contributed by atoms with E-state index < -0.39 is 0 Å². The van der Waals surface area contributed by atoms with Crippen molar-refractivity contribution in [2.45, 2.75) is 13.3 Å². The van der Waals surface area contributed by atoms with Gasteiger partial charge in [0.1, 0.15) is 12.4 Å². The zero-order valence-electron chi connectivity index (χ0n) is 9.46. The molecule has 0 amide bonds. The molecule has 0 atom stereocenters. The Morgan fingerprint density at radius 3 is 2.69 bits per heavy atom. The van der Waals surface area contributed by atoms with Crippen LogP contribution in [-0.4, -0.2) is 26.1 Å². The maximum absolute atomic E-state index is 11.5. The molecule has 1 aromatic carbocycles. The number of Topliss-reactive ketones (excluding diaryl/α,β-unsaturated/α-hetero) is 1. The number of carbonyl (C=O) groups is 1. The van der Waals surface area contributed by atoms with Crippen molar-refractivity contribution in [3.05, 3.63) is 28.2 Å². The summed E-state index contributed by atoms with van der Waals surface area (Å²) >= 11 is 3.38. The van der Waals surface area contributed by atoms with Crippen LogP contribution in [0, 0.1) is 0 Å². The van der Waals surface area contributed by atoms with Crippen LogP contribution in [0.5, 0.6) is 5.75 Å². The van der Waals surface area contributed by atoms with Gasteiger partial charge in [-0.1, -0.05) is 6.92 Å². The van der Waals surface area contributed by atoms with Gasteiger partial charge in [0.2, 0.25) is 0 Å². The molecular weight excluding hydrogens is 272 g/mol. The summed E-state index contributed by atoms with van der Waals surface area (Å²) in [4.78, 5) is 11.5. The molecule has 0 fully saturated rings. The Bertz CT molecular complexity index is 363. The van der Waals surface area contributed by atoms with Gasteiger partial charge in [0.05, 0.1) is 11.1 Å². The van der Waals surface area contributed by atoms with E-state index in [-0.39, 0.29) is 5.78 Å². The fraction of sp³-hybridized carbons (Fsp3) is 0.417. The molecule has 0 aliphatic carbocycles. The summed E-state index contributed by atoms with van der Waals surface area (Å²) in [6, 6.07) is 5.36. The minimum Gasteiger partial charge on any atom is -0.490 e. The molecular formula is C12H15BrO3. The van der Waals surface area contributed by atoms with Crippen LogP contribution in [0.2, 0.25) is 0 Å². The third kappa shape index (κ3) is 3.61. The lowest BCUT2D eigenvalue weighted by Crippen LogP contribution is -2.05. The molecule has 0 saturated heterocycles. The highest BCUT2D eigenvalue weighted by atomic mass is 79.9. The van der Waals surface area contributed by atoms with Crippen molar-refractivity contribution in [3.63, 3.8) is 0 Å². The number of carbonyl (C=O) groups excluding carboxylic acids is 1. The first-order valence-corrected chi connectivity index (χ1v) is 5.92. The molecule has 3 nitrogen and oxygen atoms in total. The zero-order valence-corrected chi connectivity index (χ0v) is 11.0. The summed E-state index contributed by atoms with van der Waals surface area (Å²) in [5, 5.41) is 0. The van der Waals surface area contributed by atoms with E-state index in [1.165, 1.54) is 0 Å². The fourth-order valence-corrected chi connectivity index (χ4v) is 1.72. The van der Waals surface area contributed by atoms with Crippen molar-refractivity contribution in [2.75, 3.05) is 20.3 Å². The quantitative estimate of drug-likeness (QED) is 0.596. The monoisotopic (exact) mass is 286 g/mol. The highest BCUT2D eigenvalue weighted by Crippen LogP contribution is 2.26. The van der Waals surface area contributed by atoms with Crippen molar-refractivity contribution in [2.24, 2.45) is 0 Å². The van der Waals surface area contributed by atoms with Gasteiger partial charge in [-0.25, -0.2) is 0 Å². The van der Waals surface area contributed by atoms with E-state index in [0.717, 1.165) is 10.2 Å². The maximum Gasteiger partial charge on any atom is 0.162 e. The molecule has 0 aromatic heterocycles. The number of benzene rings is 1. The van der Waals surface area contributed by atoms with Crippen LogP contribution in [0.25, 0.3) is 0 Å². The molecule has 0 aliphatic heterocycles. The summed E-state index contributed by atoms with van der Waals surface area (Å²) in [7, 11) is 1.63. The van der Waals surface area contributed by atoms with Crippen molar-refractivity contribution < 1.29 is 14.3 Å². The highest BCUT2D eigenvalue weighted by molar-refractivity contribution is 9.10. The number of hydrogen-bond acceptors (Lipinski definition) is 3. The third-order valence-electron chi connectivity index (χ3n) is 2.12. The van der Waals surface area contributed by atoms with Gasteiger partial charge >= 0.3 is 0 Å². The van der Waals surface area contributed by atoms with E-state index in [2.05, 4.69) is 15.9 Å². The van der Waals surface area contributed by atoms with Crippen LogP contribution in [0.4, 0.5) is 0 Å². The van der Waals surface area contributed by atoms with Crippen LogP contribution in [0.1, 0.15) is 23.7 Å². The van der Waals surface area contributed by atoms with E-state index in [4.69, 9.17) is 9.47 Å². The van der Waals surface area contributed by atoms with Crippen LogP contribution >= 0.6 is 15.9 Å². The van der Waals surface area contributed by atoms with Crippen molar-refractivity contribution in [3.8, 4) is 5.75 Å². The maximum atomic E-state index is 11.5. The van der Waals surface area contributed by atoms with Gasteiger partial charge in [0.15, 0.2) is 5.78 Å². The average molecular weight is 287 g/mol. The minimum absolute atomic E-state index is 0.129. The van der Waals surface area contributed by atoms with Gasteiger partial charge in [0, 0.05) is 19.1 Å². The zero-order chi connectivity index (χ0) is 12.0. The molecule has 88 valence electrons. The van der Waals surface area contributed by atoms with Crippen LogP contribution in [-0.2, 0) is 4.74 Å². The Morgan fingerprint density at radius 2 is 2.12 bits per heavy atom. The second kappa shape index (κ2) is 6.66. The molecule has 0 saturated carbocycles. The normalized spacial score (nSPS) is 10.2. The summed E-state index contributed by atoms with van der Waals surface area (Å²) in [6.45, 7) is 2.89. The smallest absolute Gasteiger partial charge is 0.162 e.